The van der Waals surface area contributed by atoms with E-state index in [9.17, 15) is 5.26 Å². The first-order valence-corrected chi connectivity index (χ1v) is 12.3. The van der Waals surface area contributed by atoms with Crippen LogP contribution < -0.4 is 15.1 Å². The molecular formula is C25H26N10O2. The van der Waals surface area contributed by atoms with Crippen LogP contribution in [0.5, 0.6) is 0 Å². The molecule has 0 radical (unpaired) electrons. The molecule has 2 aliphatic heterocycles. The van der Waals surface area contributed by atoms with Gasteiger partial charge in [-0.2, -0.15) is 20.3 Å². The van der Waals surface area contributed by atoms with Crippen molar-refractivity contribution in [3.63, 3.8) is 0 Å². The lowest BCUT2D eigenvalue weighted by Gasteiger charge is -2.30. The third-order valence-corrected chi connectivity index (χ3v) is 6.55. The van der Waals surface area contributed by atoms with Gasteiger partial charge in [-0.05, 0) is 31.9 Å². The fourth-order valence-corrected chi connectivity index (χ4v) is 4.76. The lowest BCUT2D eigenvalue weighted by Crippen LogP contribution is -2.37. The number of nitrogens with zero attached hydrogens (tertiary/aromatic N) is 8. The van der Waals surface area contributed by atoms with E-state index in [1.54, 1.807) is 12.3 Å². The van der Waals surface area contributed by atoms with Gasteiger partial charge >= 0.3 is 0 Å². The minimum absolute atomic E-state index is 0.0797. The van der Waals surface area contributed by atoms with Crippen LogP contribution in [0.3, 0.4) is 0 Å². The highest BCUT2D eigenvalue weighted by atomic mass is 16.5. The van der Waals surface area contributed by atoms with Gasteiger partial charge in [0.05, 0.1) is 19.3 Å². The second-order valence-electron chi connectivity index (χ2n) is 9.05. The molecule has 6 heterocycles. The van der Waals surface area contributed by atoms with Crippen molar-refractivity contribution in [1.29, 1.82) is 5.26 Å². The Morgan fingerprint density at radius 3 is 2.84 bits per heavy atom. The topological polar surface area (TPSA) is 145 Å². The summed E-state index contributed by atoms with van der Waals surface area (Å²) in [5.74, 6) is 3.51. The van der Waals surface area contributed by atoms with Gasteiger partial charge in [-0.15, -0.1) is 0 Å². The Kier molecular flexibility index (Phi) is 6.11. The first-order valence-electron chi connectivity index (χ1n) is 12.3. The first-order chi connectivity index (χ1) is 18.2. The molecule has 2 aliphatic rings. The summed E-state index contributed by atoms with van der Waals surface area (Å²) in [6, 6.07) is 11.4. The molecule has 2 fully saturated rings. The fraction of sp³-hybridized carbons (Fsp3) is 0.360. The van der Waals surface area contributed by atoms with Crippen LogP contribution in [0.2, 0.25) is 0 Å². The van der Waals surface area contributed by atoms with E-state index in [1.165, 1.54) is 0 Å². The third kappa shape index (κ3) is 4.68. The molecule has 2 saturated heterocycles. The molecule has 6 rings (SSSR count). The Morgan fingerprint density at radius 2 is 2.03 bits per heavy atom. The lowest BCUT2D eigenvalue weighted by molar-refractivity contribution is 0.122. The zero-order chi connectivity index (χ0) is 25.2. The standard InChI is InChI=1S/C25H26N10O2/c1-16-12-23(32-31-16)28-22-14-24(34-8-10-36-11-9-34)30-25(29-22)35-7-3-5-20(35)21-13-18(33-37-21)17-4-2-6-27-19(17)15-26/h2,4,6,12-14,20H,3,5,7-11H2,1H3,(H2,28,29,30,31,32). The predicted molar refractivity (Wildman–Crippen MR) is 135 cm³/mol. The molecule has 2 N–H and O–H groups in total. The second kappa shape index (κ2) is 9.87. The lowest BCUT2D eigenvalue weighted by atomic mass is 10.1. The molecule has 1 unspecified atom stereocenters. The van der Waals surface area contributed by atoms with Crippen molar-refractivity contribution in [3.05, 3.63) is 53.7 Å². The summed E-state index contributed by atoms with van der Waals surface area (Å²) >= 11 is 0. The SMILES string of the molecule is Cc1cc(Nc2cc(N3CCOCC3)nc(N3CCCC3c3cc(-c4cccnc4C#N)no3)n2)n[nH]1. The van der Waals surface area contributed by atoms with Gasteiger partial charge < -0.3 is 24.4 Å². The monoisotopic (exact) mass is 498 g/mol. The first kappa shape index (κ1) is 22.9. The number of ether oxygens (including phenoxy) is 1. The van der Waals surface area contributed by atoms with Crippen LogP contribution in [0.25, 0.3) is 11.3 Å². The van der Waals surface area contributed by atoms with Crippen molar-refractivity contribution in [2.45, 2.75) is 25.8 Å². The van der Waals surface area contributed by atoms with E-state index >= 15 is 0 Å². The maximum Gasteiger partial charge on any atom is 0.229 e. The van der Waals surface area contributed by atoms with Crippen molar-refractivity contribution in [3.8, 4) is 17.3 Å². The van der Waals surface area contributed by atoms with E-state index in [4.69, 9.17) is 19.2 Å². The highest BCUT2D eigenvalue weighted by Crippen LogP contribution is 2.37. The quantitative estimate of drug-likeness (QED) is 0.403. The third-order valence-electron chi connectivity index (χ3n) is 6.55. The molecule has 188 valence electrons. The van der Waals surface area contributed by atoms with Gasteiger partial charge in [0.25, 0.3) is 0 Å². The van der Waals surface area contributed by atoms with Gasteiger partial charge in [0, 0.05) is 55.3 Å². The van der Waals surface area contributed by atoms with E-state index in [0.717, 1.165) is 44.0 Å². The van der Waals surface area contributed by atoms with Crippen LogP contribution >= 0.6 is 0 Å². The number of aryl methyl sites for hydroxylation is 1. The predicted octanol–water partition coefficient (Wildman–Crippen LogP) is 3.35. The normalized spacial score (nSPS) is 17.7. The van der Waals surface area contributed by atoms with E-state index in [2.05, 4.69) is 41.5 Å². The molecule has 0 bridgehead atoms. The molecule has 0 aromatic carbocycles. The Balaban J connectivity index is 1.33. The molecule has 4 aromatic rings. The van der Waals surface area contributed by atoms with Crippen LogP contribution in [0.1, 0.15) is 36.0 Å². The molecule has 12 nitrogen and oxygen atoms in total. The number of H-pyrrole nitrogens is 1. The molecule has 1 atom stereocenters. The summed E-state index contributed by atoms with van der Waals surface area (Å²) in [4.78, 5) is 18.3. The van der Waals surface area contributed by atoms with Gasteiger partial charge in [-0.25, -0.2) is 4.98 Å². The highest BCUT2D eigenvalue weighted by Gasteiger charge is 2.32. The van der Waals surface area contributed by atoms with Crippen LogP contribution in [-0.2, 0) is 4.74 Å². The van der Waals surface area contributed by atoms with Crippen molar-refractivity contribution >= 4 is 23.4 Å². The number of nitrogens with one attached hydrogen (secondary N) is 2. The summed E-state index contributed by atoms with van der Waals surface area (Å²) in [7, 11) is 0. The second-order valence-corrected chi connectivity index (χ2v) is 9.05. The van der Waals surface area contributed by atoms with Crippen LogP contribution in [0.4, 0.5) is 23.4 Å². The average molecular weight is 499 g/mol. The molecule has 37 heavy (non-hydrogen) atoms. The van der Waals surface area contributed by atoms with Gasteiger partial charge in [0.15, 0.2) is 11.6 Å². The van der Waals surface area contributed by atoms with Gasteiger partial charge in [-0.1, -0.05) is 5.16 Å². The zero-order valence-corrected chi connectivity index (χ0v) is 20.4. The van der Waals surface area contributed by atoms with Crippen molar-refractivity contribution in [1.82, 2.24) is 30.3 Å². The molecule has 0 aliphatic carbocycles. The molecule has 0 spiro atoms. The van der Waals surface area contributed by atoms with Gasteiger partial charge in [-0.3, -0.25) is 5.10 Å². The van der Waals surface area contributed by atoms with Crippen LogP contribution in [0.15, 0.2) is 41.1 Å². The fourth-order valence-electron chi connectivity index (χ4n) is 4.76. The summed E-state index contributed by atoms with van der Waals surface area (Å²) in [5, 5.41) is 24.2. The molecule has 4 aromatic heterocycles. The Morgan fingerprint density at radius 1 is 1.14 bits per heavy atom. The summed E-state index contributed by atoms with van der Waals surface area (Å²) in [6.45, 7) is 5.58. The summed E-state index contributed by atoms with van der Waals surface area (Å²) < 4.78 is 11.3. The number of nitriles is 1. The minimum atomic E-state index is -0.0797. The molecule has 0 saturated carbocycles. The average Bonchev–Trinajstić information content (AvgIpc) is 3.70. The smallest absolute Gasteiger partial charge is 0.229 e. The van der Waals surface area contributed by atoms with Crippen molar-refractivity contribution in [2.24, 2.45) is 0 Å². The van der Waals surface area contributed by atoms with Crippen LogP contribution in [0, 0.1) is 18.3 Å². The Bertz CT molecular complexity index is 1440. The maximum atomic E-state index is 9.44. The Hall–Kier alpha value is -4.50. The summed E-state index contributed by atoms with van der Waals surface area (Å²) in [6.07, 6.45) is 3.43. The van der Waals surface area contributed by atoms with Gasteiger partial charge in [0.1, 0.15) is 29.1 Å². The Labute approximate surface area is 213 Å². The van der Waals surface area contributed by atoms with Crippen molar-refractivity contribution in [2.75, 3.05) is 48.0 Å². The highest BCUT2D eigenvalue weighted by molar-refractivity contribution is 5.65. The van der Waals surface area contributed by atoms with E-state index in [0.29, 0.717) is 53.5 Å². The number of anilines is 4. The number of hydrogen-bond acceptors (Lipinski definition) is 11. The molecular weight excluding hydrogens is 472 g/mol. The number of morpholine rings is 1. The van der Waals surface area contributed by atoms with E-state index in [-0.39, 0.29) is 6.04 Å². The van der Waals surface area contributed by atoms with Crippen molar-refractivity contribution < 1.29 is 9.26 Å². The maximum absolute atomic E-state index is 9.44. The van der Waals surface area contributed by atoms with Crippen LogP contribution in [-0.4, -0.2) is 63.2 Å². The molecule has 0 amide bonds. The van der Waals surface area contributed by atoms with E-state index in [1.807, 2.05) is 31.2 Å². The number of hydrogen-bond donors (Lipinski definition) is 2. The van der Waals surface area contributed by atoms with Gasteiger partial charge in [0.2, 0.25) is 5.95 Å². The summed E-state index contributed by atoms with van der Waals surface area (Å²) in [5.41, 5.74) is 2.51. The molecule has 12 heteroatoms. The zero-order valence-electron chi connectivity index (χ0n) is 20.4. The minimum Gasteiger partial charge on any atom is -0.378 e. The number of rotatable bonds is 6. The number of pyridine rings is 1. The largest absolute Gasteiger partial charge is 0.378 e. The number of aromatic nitrogens is 6. The van der Waals surface area contributed by atoms with E-state index < -0.39 is 0 Å². The number of aromatic amines is 1.